The van der Waals surface area contributed by atoms with Crippen LogP contribution in [0.2, 0.25) is 0 Å². The van der Waals surface area contributed by atoms with E-state index < -0.39 is 0 Å². The number of amides is 1. The van der Waals surface area contributed by atoms with Crippen molar-refractivity contribution in [1.82, 2.24) is 4.90 Å². The lowest BCUT2D eigenvalue weighted by atomic mass is 9.98. The molecule has 2 N–H and O–H groups in total. The highest BCUT2D eigenvalue weighted by atomic mass is 16.5. The van der Waals surface area contributed by atoms with Crippen LogP contribution in [-0.4, -0.2) is 44.2 Å². The highest BCUT2D eigenvalue weighted by Crippen LogP contribution is 2.23. The molecule has 1 aromatic rings. The summed E-state index contributed by atoms with van der Waals surface area (Å²) >= 11 is 0. The normalized spacial score (nSPS) is 20.5. The van der Waals surface area contributed by atoms with Gasteiger partial charge in [0.25, 0.3) is 0 Å². The number of carbonyl (C=O) groups excluding carboxylic acids is 1. The molecule has 1 amide bonds. The molecule has 1 heterocycles. The summed E-state index contributed by atoms with van der Waals surface area (Å²) in [5.41, 5.74) is 6.80. The number of nitrogens with zero attached hydrogens (tertiary/aromatic N) is 1. The van der Waals surface area contributed by atoms with Crippen LogP contribution in [0.3, 0.4) is 0 Å². The second-order valence-corrected chi connectivity index (χ2v) is 5.09. The van der Waals surface area contributed by atoms with E-state index in [9.17, 15) is 4.79 Å². The van der Waals surface area contributed by atoms with Crippen LogP contribution in [0.15, 0.2) is 30.3 Å². The monoisotopic (exact) mass is 262 g/mol. The van der Waals surface area contributed by atoms with Gasteiger partial charge in [0.1, 0.15) is 0 Å². The van der Waals surface area contributed by atoms with Crippen molar-refractivity contribution in [3.8, 4) is 0 Å². The van der Waals surface area contributed by atoms with Gasteiger partial charge in [-0.15, -0.1) is 0 Å². The second kappa shape index (κ2) is 6.68. The van der Waals surface area contributed by atoms with E-state index in [-0.39, 0.29) is 11.8 Å². The van der Waals surface area contributed by atoms with Gasteiger partial charge in [0.05, 0.1) is 12.5 Å². The number of carbonyl (C=O) groups is 1. The molecule has 2 atom stereocenters. The predicted molar refractivity (Wildman–Crippen MR) is 74.8 cm³/mol. The number of methoxy groups -OCH3 is 1. The minimum Gasteiger partial charge on any atom is -0.384 e. The minimum absolute atomic E-state index is 0.146. The zero-order valence-corrected chi connectivity index (χ0v) is 11.4. The Morgan fingerprint density at radius 1 is 1.47 bits per heavy atom. The topological polar surface area (TPSA) is 55.6 Å². The van der Waals surface area contributed by atoms with Gasteiger partial charge in [-0.05, 0) is 12.0 Å². The van der Waals surface area contributed by atoms with Crippen molar-refractivity contribution in [2.24, 2.45) is 11.7 Å². The lowest BCUT2D eigenvalue weighted by molar-refractivity contribution is -0.131. The first-order valence-corrected chi connectivity index (χ1v) is 6.79. The molecule has 1 aliphatic rings. The largest absolute Gasteiger partial charge is 0.384 e. The molecule has 1 aromatic carbocycles. The molecular weight excluding hydrogens is 240 g/mol. The van der Waals surface area contributed by atoms with Crippen LogP contribution in [0.25, 0.3) is 0 Å². The SMILES string of the molecule is COCC1CCN(C(=O)C(CN)c2ccccc2)C1. The highest BCUT2D eigenvalue weighted by Gasteiger charge is 2.30. The molecular formula is C15H22N2O2. The van der Waals surface area contributed by atoms with E-state index in [1.54, 1.807) is 7.11 Å². The quantitative estimate of drug-likeness (QED) is 0.868. The number of hydrogen-bond acceptors (Lipinski definition) is 3. The summed E-state index contributed by atoms with van der Waals surface area (Å²) in [6, 6.07) is 9.79. The molecule has 104 valence electrons. The summed E-state index contributed by atoms with van der Waals surface area (Å²) in [6.45, 7) is 2.68. The molecule has 0 aliphatic carbocycles. The molecule has 2 unspecified atom stereocenters. The molecule has 2 rings (SSSR count). The van der Waals surface area contributed by atoms with E-state index in [0.717, 1.165) is 31.7 Å². The number of benzene rings is 1. The van der Waals surface area contributed by atoms with Crippen LogP contribution < -0.4 is 5.73 Å². The average molecular weight is 262 g/mol. The van der Waals surface area contributed by atoms with Crippen molar-refractivity contribution in [2.45, 2.75) is 12.3 Å². The summed E-state index contributed by atoms with van der Waals surface area (Å²) in [7, 11) is 1.71. The zero-order chi connectivity index (χ0) is 13.7. The number of rotatable bonds is 5. The third-order valence-electron chi connectivity index (χ3n) is 3.74. The van der Waals surface area contributed by atoms with Gasteiger partial charge in [0.2, 0.25) is 5.91 Å². The van der Waals surface area contributed by atoms with E-state index in [0.29, 0.717) is 12.5 Å². The lowest BCUT2D eigenvalue weighted by Gasteiger charge is -2.23. The van der Waals surface area contributed by atoms with Gasteiger partial charge >= 0.3 is 0 Å². The van der Waals surface area contributed by atoms with E-state index in [4.69, 9.17) is 10.5 Å². The number of hydrogen-bond donors (Lipinski definition) is 1. The van der Waals surface area contributed by atoms with Gasteiger partial charge < -0.3 is 15.4 Å². The molecule has 1 aliphatic heterocycles. The smallest absolute Gasteiger partial charge is 0.231 e. The molecule has 1 fully saturated rings. The van der Waals surface area contributed by atoms with Crippen molar-refractivity contribution in [3.63, 3.8) is 0 Å². The van der Waals surface area contributed by atoms with Crippen molar-refractivity contribution >= 4 is 5.91 Å². The fourth-order valence-electron chi connectivity index (χ4n) is 2.69. The van der Waals surface area contributed by atoms with Crippen molar-refractivity contribution in [3.05, 3.63) is 35.9 Å². The third-order valence-corrected chi connectivity index (χ3v) is 3.74. The Balaban J connectivity index is 2.02. The fourth-order valence-corrected chi connectivity index (χ4v) is 2.69. The van der Waals surface area contributed by atoms with Crippen LogP contribution in [0.5, 0.6) is 0 Å². The molecule has 0 bridgehead atoms. The Hall–Kier alpha value is -1.39. The minimum atomic E-state index is -0.220. The first-order valence-electron chi connectivity index (χ1n) is 6.79. The van der Waals surface area contributed by atoms with E-state index in [1.807, 2.05) is 35.2 Å². The lowest BCUT2D eigenvalue weighted by Crippen LogP contribution is -2.36. The van der Waals surface area contributed by atoms with Crippen molar-refractivity contribution in [1.29, 1.82) is 0 Å². The van der Waals surface area contributed by atoms with Gasteiger partial charge in [0.15, 0.2) is 0 Å². The highest BCUT2D eigenvalue weighted by molar-refractivity contribution is 5.84. The summed E-state index contributed by atoms with van der Waals surface area (Å²) < 4.78 is 5.16. The standard InChI is InChI=1S/C15H22N2O2/c1-19-11-12-7-8-17(10-12)15(18)14(9-16)13-5-3-2-4-6-13/h2-6,12,14H,7-11,16H2,1H3. The van der Waals surface area contributed by atoms with Crippen molar-refractivity contribution in [2.75, 3.05) is 33.4 Å². The van der Waals surface area contributed by atoms with Gasteiger partial charge in [-0.1, -0.05) is 30.3 Å². The van der Waals surface area contributed by atoms with Gasteiger partial charge in [-0.3, -0.25) is 4.79 Å². The Morgan fingerprint density at radius 3 is 2.84 bits per heavy atom. The van der Waals surface area contributed by atoms with Crippen LogP contribution in [0.4, 0.5) is 0 Å². The third kappa shape index (κ3) is 3.33. The van der Waals surface area contributed by atoms with Crippen LogP contribution in [0.1, 0.15) is 17.9 Å². The summed E-state index contributed by atoms with van der Waals surface area (Å²) in [5.74, 6) is 0.387. The first kappa shape index (κ1) is 14.0. The number of ether oxygens (including phenoxy) is 1. The predicted octanol–water partition coefficient (Wildman–Crippen LogP) is 1.22. The zero-order valence-electron chi connectivity index (χ0n) is 11.4. The fraction of sp³-hybridized carbons (Fsp3) is 0.533. The van der Waals surface area contributed by atoms with Crippen LogP contribution in [-0.2, 0) is 9.53 Å². The molecule has 0 aromatic heterocycles. The van der Waals surface area contributed by atoms with Crippen LogP contribution >= 0.6 is 0 Å². The second-order valence-electron chi connectivity index (χ2n) is 5.09. The molecule has 4 nitrogen and oxygen atoms in total. The molecule has 19 heavy (non-hydrogen) atoms. The molecule has 1 saturated heterocycles. The van der Waals surface area contributed by atoms with E-state index >= 15 is 0 Å². The maximum absolute atomic E-state index is 12.5. The average Bonchev–Trinajstić information content (AvgIpc) is 2.90. The van der Waals surface area contributed by atoms with E-state index in [1.165, 1.54) is 0 Å². The van der Waals surface area contributed by atoms with Gasteiger partial charge in [-0.25, -0.2) is 0 Å². The molecule has 0 spiro atoms. The summed E-state index contributed by atoms with van der Waals surface area (Å²) in [5, 5.41) is 0. The van der Waals surface area contributed by atoms with Crippen molar-refractivity contribution < 1.29 is 9.53 Å². The number of likely N-dealkylation sites (tertiary alicyclic amines) is 1. The Bertz CT molecular complexity index is 408. The number of nitrogens with two attached hydrogens (primary N) is 1. The molecule has 0 radical (unpaired) electrons. The summed E-state index contributed by atoms with van der Waals surface area (Å²) in [4.78, 5) is 14.5. The Kier molecular flexibility index (Phi) is 4.93. The van der Waals surface area contributed by atoms with Gasteiger partial charge in [0, 0.05) is 32.7 Å². The van der Waals surface area contributed by atoms with Gasteiger partial charge in [-0.2, -0.15) is 0 Å². The molecule has 0 saturated carbocycles. The first-order chi connectivity index (χ1) is 9.26. The maximum atomic E-state index is 12.5. The summed E-state index contributed by atoms with van der Waals surface area (Å²) in [6.07, 6.45) is 1.02. The Morgan fingerprint density at radius 2 is 2.21 bits per heavy atom. The maximum Gasteiger partial charge on any atom is 0.231 e. The molecule has 4 heteroatoms. The van der Waals surface area contributed by atoms with E-state index in [2.05, 4.69) is 0 Å². The van der Waals surface area contributed by atoms with Crippen LogP contribution in [0, 0.1) is 5.92 Å². The Labute approximate surface area is 114 Å².